The number of carbonyl (C=O) groups excluding carboxylic acids is 1. The van der Waals surface area contributed by atoms with Crippen molar-refractivity contribution in [2.75, 3.05) is 51.0 Å². The van der Waals surface area contributed by atoms with Crippen LogP contribution >= 0.6 is 11.8 Å². The minimum atomic E-state index is -0.0280. The molecule has 3 rings (SSSR count). The smallest absolute Gasteiger partial charge is 0.251 e. The van der Waals surface area contributed by atoms with Crippen LogP contribution in [0.2, 0.25) is 0 Å². The first-order chi connectivity index (χ1) is 12.2. The van der Waals surface area contributed by atoms with Gasteiger partial charge in [-0.1, -0.05) is 12.7 Å². The predicted molar refractivity (Wildman–Crippen MR) is 102 cm³/mol. The Morgan fingerprint density at radius 2 is 2.12 bits per heavy atom. The fourth-order valence-electron chi connectivity index (χ4n) is 3.34. The van der Waals surface area contributed by atoms with Gasteiger partial charge in [0.15, 0.2) is 0 Å². The zero-order chi connectivity index (χ0) is 17.5. The van der Waals surface area contributed by atoms with Gasteiger partial charge >= 0.3 is 0 Å². The number of hydrogen-bond acceptors (Lipinski definition) is 5. The zero-order valence-corrected chi connectivity index (χ0v) is 15.4. The molecule has 1 atom stereocenters. The Labute approximate surface area is 153 Å². The molecule has 1 N–H and O–H groups in total. The van der Waals surface area contributed by atoms with Crippen LogP contribution in [0.5, 0.6) is 5.75 Å². The van der Waals surface area contributed by atoms with E-state index < -0.39 is 0 Å². The highest BCUT2D eigenvalue weighted by Gasteiger charge is 2.40. The van der Waals surface area contributed by atoms with Gasteiger partial charge in [-0.25, -0.2) is 0 Å². The van der Waals surface area contributed by atoms with Gasteiger partial charge < -0.3 is 14.8 Å². The quantitative estimate of drug-likeness (QED) is 0.754. The molecule has 6 heteroatoms. The van der Waals surface area contributed by atoms with E-state index in [2.05, 4.69) is 16.8 Å². The molecule has 0 aliphatic carbocycles. The molecule has 0 saturated carbocycles. The Morgan fingerprint density at radius 1 is 1.36 bits per heavy atom. The van der Waals surface area contributed by atoms with E-state index in [0.29, 0.717) is 18.7 Å². The predicted octanol–water partition coefficient (Wildman–Crippen LogP) is 2.19. The van der Waals surface area contributed by atoms with E-state index in [1.165, 1.54) is 0 Å². The van der Waals surface area contributed by atoms with Gasteiger partial charge in [-0.05, 0) is 36.4 Å². The lowest BCUT2D eigenvalue weighted by molar-refractivity contribution is -0.0129. The fraction of sp³-hybridized carbons (Fsp3) is 0.526. The number of nitrogens with one attached hydrogen (secondary N) is 1. The maximum atomic E-state index is 12.5. The molecule has 0 radical (unpaired) electrons. The molecule has 1 unspecified atom stereocenters. The van der Waals surface area contributed by atoms with E-state index >= 15 is 0 Å². The largest absolute Gasteiger partial charge is 0.490 e. The number of benzene rings is 1. The second-order valence-corrected chi connectivity index (χ2v) is 7.54. The summed E-state index contributed by atoms with van der Waals surface area (Å²) in [5.41, 5.74) is 0.727. The first kappa shape index (κ1) is 18.3. The van der Waals surface area contributed by atoms with Gasteiger partial charge in [0.05, 0.1) is 13.2 Å². The molecule has 136 valence electrons. The molecule has 1 aromatic rings. The maximum absolute atomic E-state index is 12.5. The van der Waals surface area contributed by atoms with Crippen molar-refractivity contribution in [3.63, 3.8) is 0 Å². The summed E-state index contributed by atoms with van der Waals surface area (Å²) in [4.78, 5) is 15.0. The molecule has 2 aliphatic rings. The summed E-state index contributed by atoms with van der Waals surface area (Å²) < 4.78 is 10.9. The van der Waals surface area contributed by atoms with Crippen LogP contribution in [0.3, 0.4) is 0 Å². The van der Waals surface area contributed by atoms with Gasteiger partial charge in [-0.15, -0.1) is 0 Å². The van der Waals surface area contributed by atoms with Gasteiger partial charge in [0.25, 0.3) is 5.91 Å². The number of amides is 1. The highest BCUT2D eigenvalue weighted by molar-refractivity contribution is 7.99. The number of nitrogens with zero attached hydrogens (tertiary/aromatic N) is 1. The Balaban J connectivity index is 1.58. The van der Waals surface area contributed by atoms with Crippen molar-refractivity contribution in [2.45, 2.75) is 12.0 Å². The van der Waals surface area contributed by atoms with Gasteiger partial charge in [-0.2, -0.15) is 11.8 Å². The van der Waals surface area contributed by atoms with E-state index in [1.807, 2.05) is 23.9 Å². The van der Waals surface area contributed by atoms with Crippen molar-refractivity contribution in [1.29, 1.82) is 0 Å². The zero-order valence-electron chi connectivity index (χ0n) is 14.5. The van der Waals surface area contributed by atoms with Crippen molar-refractivity contribution in [2.24, 2.45) is 0 Å². The number of thioether (sulfide) groups is 1. The van der Waals surface area contributed by atoms with Crippen LogP contribution < -0.4 is 10.1 Å². The molecule has 2 saturated heterocycles. The average Bonchev–Trinajstić information content (AvgIpc) is 3.16. The van der Waals surface area contributed by atoms with Crippen LogP contribution in [-0.2, 0) is 4.74 Å². The molecular formula is C19H26N2O3S. The number of morpholine rings is 1. The number of hydrogen-bond donors (Lipinski definition) is 1. The van der Waals surface area contributed by atoms with Crippen LogP contribution in [0.1, 0.15) is 16.8 Å². The summed E-state index contributed by atoms with van der Waals surface area (Å²) in [7, 11) is 0. The lowest BCUT2D eigenvalue weighted by Gasteiger charge is -2.43. The average molecular weight is 362 g/mol. The summed E-state index contributed by atoms with van der Waals surface area (Å²) in [6, 6.07) is 7.25. The molecule has 2 fully saturated rings. The third kappa shape index (κ3) is 4.57. The summed E-state index contributed by atoms with van der Waals surface area (Å²) in [6.07, 6.45) is 2.82. The Bertz CT molecular complexity index is 579. The fourth-order valence-corrected chi connectivity index (χ4v) is 4.82. The summed E-state index contributed by atoms with van der Waals surface area (Å²) >= 11 is 1.97. The molecule has 2 aliphatic heterocycles. The van der Waals surface area contributed by atoms with Gasteiger partial charge in [0.1, 0.15) is 12.4 Å². The third-order valence-electron chi connectivity index (χ3n) is 4.83. The second kappa shape index (κ2) is 8.74. The molecule has 25 heavy (non-hydrogen) atoms. The molecular weight excluding hydrogens is 336 g/mol. The number of ether oxygens (including phenoxy) is 2. The Hall–Kier alpha value is -1.50. The minimum absolute atomic E-state index is 0.0280. The van der Waals surface area contributed by atoms with E-state index in [9.17, 15) is 4.79 Å². The van der Waals surface area contributed by atoms with Crippen molar-refractivity contribution in [1.82, 2.24) is 10.2 Å². The first-order valence-electron chi connectivity index (χ1n) is 8.76. The van der Waals surface area contributed by atoms with E-state index in [4.69, 9.17) is 9.47 Å². The number of carbonyl (C=O) groups is 1. The van der Waals surface area contributed by atoms with Gasteiger partial charge in [-0.3, -0.25) is 9.69 Å². The molecule has 0 spiro atoms. The minimum Gasteiger partial charge on any atom is -0.490 e. The SMILES string of the molecule is C=CCOc1ccc(C(=O)NCC2(N3CCOCC3)CCSC2)cc1. The monoisotopic (exact) mass is 362 g/mol. The lowest BCUT2D eigenvalue weighted by Crippen LogP contribution is -2.59. The third-order valence-corrected chi connectivity index (χ3v) is 6.06. The Morgan fingerprint density at radius 3 is 2.76 bits per heavy atom. The van der Waals surface area contributed by atoms with Gasteiger partial charge in [0, 0.05) is 36.5 Å². The summed E-state index contributed by atoms with van der Waals surface area (Å²) in [5.74, 6) is 2.94. The standard InChI is InChI=1S/C19H26N2O3S/c1-2-10-24-17-5-3-16(4-6-17)18(22)20-14-19(7-13-25-15-19)21-8-11-23-12-9-21/h2-6H,1,7-15H2,(H,20,22). The van der Waals surface area contributed by atoms with Gasteiger partial charge in [0.2, 0.25) is 0 Å². The van der Waals surface area contributed by atoms with Crippen molar-refractivity contribution in [3.05, 3.63) is 42.5 Å². The van der Waals surface area contributed by atoms with Crippen molar-refractivity contribution < 1.29 is 14.3 Å². The van der Waals surface area contributed by atoms with E-state index in [1.54, 1.807) is 18.2 Å². The van der Waals surface area contributed by atoms with Crippen molar-refractivity contribution >= 4 is 17.7 Å². The molecule has 1 aromatic carbocycles. The molecule has 0 bridgehead atoms. The van der Waals surface area contributed by atoms with Crippen LogP contribution in [0.4, 0.5) is 0 Å². The number of rotatable bonds is 7. The topological polar surface area (TPSA) is 50.8 Å². The van der Waals surface area contributed by atoms with Crippen LogP contribution in [-0.4, -0.2) is 67.3 Å². The lowest BCUT2D eigenvalue weighted by atomic mass is 9.95. The van der Waals surface area contributed by atoms with Crippen LogP contribution in [0.25, 0.3) is 0 Å². The molecule has 2 heterocycles. The maximum Gasteiger partial charge on any atom is 0.251 e. The van der Waals surface area contributed by atoms with E-state index in [0.717, 1.165) is 50.0 Å². The Kier molecular flexibility index (Phi) is 6.39. The molecule has 1 amide bonds. The highest BCUT2D eigenvalue weighted by atomic mass is 32.2. The van der Waals surface area contributed by atoms with Crippen LogP contribution in [0.15, 0.2) is 36.9 Å². The molecule has 0 aromatic heterocycles. The van der Waals surface area contributed by atoms with E-state index in [-0.39, 0.29) is 11.4 Å². The highest BCUT2D eigenvalue weighted by Crippen LogP contribution is 2.33. The molecule has 5 nitrogen and oxygen atoms in total. The first-order valence-corrected chi connectivity index (χ1v) is 9.91. The van der Waals surface area contributed by atoms with Crippen molar-refractivity contribution in [3.8, 4) is 5.75 Å². The summed E-state index contributed by atoms with van der Waals surface area (Å²) in [5, 5.41) is 3.15. The normalized spacial score (nSPS) is 24.0. The summed E-state index contributed by atoms with van der Waals surface area (Å²) in [6.45, 7) is 8.25. The second-order valence-electron chi connectivity index (χ2n) is 6.43. The van der Waals surface area contributed by atoms with Crippen LogP contribution in [0, 0.1) is 0 Å².